The Morgan fingerprint density at radius 1 is 0.950 bits per heavy atom. The Balaban J connectivity index is 3.39. The number of aldehydes is 2. The topological polar surface area (TPSA) is 63.2 Å². The van der Waals surface area contributed by atoms with Gasteiger partial charge in [-0.1, -0.05) is 58.3 Å². The first-order valence-corrected chi connectivity index (χ1v) is 7.92. The minimum atomic E-state index is -0.654. The highest BCUT2D eigenvalue weighted by molar-refractivity contribution is 5.80. The van der Waals surface area contributed by atoms with Crippen molar-refractivity contribution in [3.8, 4) is 0 Å². The van der Waals surface area contributed by atoms with Crippen molar-refractivity contribution in [1.29, 1.82) is 0 Å². The molecule has 20 heavy (non-hydrogen) atoms. The maximum Gasteiger partial charge on any atom is 0.220 e. The first-order chi connectivity index (χ1) is 9.74. The Morgan fingerprint density at radius 3 is 2.00 bits per heavy atom. The molecule has 0 saturated carbocycles. The van der Waals surface area contributed by atoms with Gasteiger partial charge in [-0.3, -0.25) is 4.79 Å². The zero-order chi connectivity index (χ0) is 15.1. The summed E-state index contributed by atoms with van der Waals surface area (Å²) in [4.78, 5) is 32.4. The molecule has 4 nitrogen and oxygen atoms in total. The van der Waals surface area contributed by atoms with Crippen LogP contribution in [0.4, 0.5) is 0 Å². The number of nitrogens with one attached hydrogen (secondary N) is 1. The molecule has 4 heteroatoms. The van der Waals surface area contributed by atoms with E-state index in [2.05, 4.69) is 12.2 Å². The summed E-state index contributed by atoms with van der Waals surface area (Å²) in [5.74, 6) is -0.133. The minimum Gasteiger partial charge on any atom is -0.346 e. The van der Waals surface area contributed by atoms with E-state index in [9.17, 15) is 14.4 Å². The molecule has 0 spiro atoms. The van der Waals surface area contributed by atoms with Gasteiger partial charge in [-0.15, -0.1) is 0 Å². The molecular formula is C16H29NO3. The predicted octanol–water partition coefficient (Wildman–Crippen LogP) is 3.18. The van der Waals surface area contributed by atoms with Crippen LogP contribution in [0.15, 0.2) is 0 Å². The average Bonchev–Trinajstić information content (AvgIpc) is 2.45. The number of unbranched alkanes of at least 4 members (excludes halogenated alkanes) is 8. The van der Waals surface area contributed by atoms with Crippen molar-refractivity contribution in [1.82, 2.24) is 5.32 Å². The second-order valence-electron chi connectivity index (χ2n) is 5.29. The summed E-state index contributed by atoms with van der Waals surface area (Å²) in [6.07, 6.45) is 12.7. The van der Waals surface area contributed by atoms with Crippen LogP contribution in [0, 0.1) is 0 Å². The normalized spacial score (nSPS) is 11.8. The van der Waals surface area contributed by atoms with Crippen LogP contribution in [0.2, 0.25) is 0 Å². The van der Waals surface area contributed by atoms with Crippen LogP contribution < -0.4 is 5.32 Å². The van der Waals surface area contributed by atoms with Crippen molar-refractivity contribution in [3.63, 3.8) is 0 Å². The van der Waals surface area contributed by atoms with Gasteiger partial charge < -0.3 is 14.9 Å². The summed E-state index contributed by atoms with van der Waals surface area (Å²) in [6, 6.07) is -0.654. The molecule has 0 aromatic heterocycles. The van der Waals surface area contributed by atoms with Crippen LogP contribution in [0.3, 0.4) is 0 Å². The summed E-state index contributed by atoms with van der Waals surface area (Å²) >= 11 is 0. The highest BCUT2D eigenvalue weighted by atomic mass is 16.2. The third kappa shape index (κ3) is 11.9. The molecule has 0 unspecified atom stereocenters. The molecule has 0 rings (SSSR count). The van der Waals surface area contributed by atoms with Gasteiger partial charge in [-0.05, 0) is 6.42 Å². The van der Waals surface area contributed by atoms with E-state index in [4.69, 9.17) is 0 Å². The first-order valence-electron chi connectivity index (χ1n) is 7.92. The largest absolute Gasteiger partial charge is 0.346 e. The number of hydrogen-bond acceptors (Lipinski definition) is 3. The van der Waals surface area contributed by atoms with Gasteiger partial charge in [0.15, 0.2) is 0 Å². The second-order valence-corrected chi connectivity index (χ2v) is 5.29. The van der Waals surface area contributed by atoms with Crippen molar-refractivity contribution in [2.24, 2.45) is 0 Å². The maximum atomic E-state index is 11.5. The highest BCUT2D eigenvalue weighted by Gasteiger charge is 2.09. The summed E-state index contributed by atoms with van der Waals surface area (Å²) in [5.41, 5.74) is 0. The molecule has 0 radical (unpaired) electrons. The lowest BCUT2D eigenvalue weighted by molar-refractivity contribution is -0.124. The van der Waals surface area contributed by atoms with Gasteiger partial charge in [-0.2, -0.15) is 0 Å². The van der Waals surface area contributed by atoms with Crippen molar-refractivity contribution in [2.75, 3.05) is 0 Å². The number of rotatable bonds is 14. The molecule has 1 atom stereocenters. The highest BCUT2D eigenvalue weighted by Crippen LogP contribution is 2.10. The Hall–Kier alpha value is -1.19. The van der Waals surface area contributed by atoms with Gasteiger partial charge in [0.1, 0.15) is 12.6 Å². The molecule has 0 aliphatic carbocycles. The number of amides is 1. The lowest BCUT2D eigenvalue weighted by atomic mass is 10.1. The lowest BCUT2D eigenvalue weighted by Crippen LogP contribution is -2.36. The molecule has 0 fully saturated rings. The fourth-order valence-corrected chi connectivity index (χ4v) is 2.13. The van der Waals surface area contributed by atoms with E-state index in [1.54, 1.807) is 0 Å². The fraction of sp³-hybridized carbons (Fsp3) is 0.812. The smallest absolute Gasteiger partial charge is 0.220 e. The van der Waals surface area contributed by atoms with Gasteiger partial charge in [-0.25, -0.2) is 0 Å². The average molecular weight is 283 g/mol. The molecule has 0 aliphatic rings. The van der Waals surface area contributed by atoms with Crippen LogP contribution in [-0.4, -0.2) is 24.5 Å². The third-order valence-electron chi connectivity index (χ3n) is 3.37. The standard InChI is InChI=1S/C16H29NO3/c1-2-3-4-5-6-7-8-9-10-11-16(20)17-15(14-19)12-13-18/h13-15H,2-12H2,1H3,(H,17,20)/t15-/m1/s1. The van der Waals surface area contributed by atoms with Crippen molar-refractivity contribution < 1.29 is 14.4 Å². The van der Waals surface area contributed by atoms with Gasteiger partial charge in [0.25, 0.3) is 0 Å². The van der Waals surface area contributed by atoms with E-state index >= 15 is 0 Å². The molecule has 1 N–H and O–H groups in total. The second kappa shape index (κ2) is 14.2. The van der Waals surface area contributed by atoms with Gasteiger partial charge >= 0.3 is 0 Å². The van der Waals surface area contributed by atoms with Crippen LogP contribution in [-0.2, 0) is 14.4 Å². The molecule has 0 aromatic carbocycles. The molecule has 0 saturated heterocycles. The maximum absolute atomic E-state index is 11.5. The van der Waals surface area contributed by atoms with E-state index < -0.39 is 6.04 Å². The van der Waals surface area contributed by atoms with Crippen LogP contribution in [0.25, 0.3) is 0 Å². The van der Waals surface area contributed by atoms with Crippen LogP contribution in [0.1, 0.15) is 77.6 Å². The molecule has 116 valence electrons. The van der Waals surface area contributed by atoms with Gasteiger partial charge in [0.2, 0.25) is 5.91 Å². The van der Waals surface area contributed by atoms with Crippen LogP contribution >= 0.6 is 0 Å². The molecule has 0 bridgehead atoms. The van der Waals surface area contributed by atoms with Gasteiger partial charge in [0, 0.05) is 12.8 Å². The number of carbonyl (C=O) groups is 3. The first kappa shape index (κ1) is 18.8. The quantitative estimate of drug-likeness (QED) is 0.393. The summed E-state index contributed by atoms with van der Waals surface area (Å²) < 4.78 is 0. The number of hydrogen-bond donors (Lipinski definition) is 1. The monoisotopic (exact) mass is 283 g/mol. The van der Waals surface area contributed by atoms with Crippen molar-refractivity contribution in [2.45, 2.75) is 83.6 Å². The Morgan fingerprint density at radius 2 is 1.50 bits per heavy atom. The lowest BCUT2D eigenvalue weighted by Gasteiger charge is -2.09. The van der Waals surface area contributed by atoms with Crippen molar-refractivity contribution >= 4 is 18.5 Å². The van der Waals surface area contributed by atoms with E-state index in [1.807, 2.05) is 0 Å². The Bertz CT molecular complexity index is 266. The third-order valence-corrected chi connectivity index (χ3v) is 3.37. The Labute approximate surface area is 122 Å². The SMILES string of the molecule is CCCCCCCCCCCC(=O)N[C@@H](C=O)CC=O. The van der Waals surface area contributed by atoms with Crippen LogP contribution in [0.5, 0.6) is 0 Å². The zero-order valence-corrected chi connectivity index (χ0v) is 12.7. The molecule has 1 amide bonds. The van der Waals surface area contributed by atoms with Gasteiger partial charge in [0.05, 0.1) is 6.04 Å². The van der Waals surface area contributed by atoms with E-state index in [0.717, 1.165) is 12.8 Å². The van der Waals surface area contributed by atoms with E-state index in [-0.39, 0.29) is 12.3 Å². The molecular weight excluding hydrogens is 254 g/mol. The zero-order valence-electron chi connectivity index (χ0n) is 12.7. The molecule has 0 heterocycles. The minimum absolute atomic E-state index is 0.0625. The summed E-state index contributed by atoms with van der Waals surface area (Å²) in [6.45, 7) is 2.22. The number of carbonyl (C=O) groups excluding carboxylic acids is 3. The molecule has 0 aromatic rings. The Kier molecular flexibility index (Phi) is 13.4. The van der Waals surface area contributed by atoms with E-state index in [0.29, 0.717) is 19.0 Å². The predicted molar refractivity (Wildman–Crippen MR) is 80.5 cm³/mol. The van der Waals surface area contributed by atoms with Crippen molar-refractivity contribution in [3.05, 3.63) is 0 Å². The fourth-order valence-electron chi connectivity index (χ4n) is 2.13. The summed E-state index contributed by atoms with van der Waals surface area (Å²) in [5, 5.41) is 2.55. The summed E-state index contributed by atoms with van der Waals surface area (Å²) in [7, 11) is 0. The molecule has 0 aliphatic heterocycles. The van der Waals surface area contributed by atoms with E-state index in [1.165, 1.54) is 44.9 Å².